The van der Waals surface area contributed by atoms with Crippen molar-refractivity contribution in [3.05, 3.63) is 105 Å². The van der Waals surface area contributed by atoms with Crippen LogP contribution in [0.2, 0.25) is 10.0 Å². The number of hydrogen-bond donors (Lipinski definition) is 2. The molecule has 1 atom stereocenters. The molecule has 9 heteroatoms. The third kappa shape index (κ3) is 8.12. The summed E-state index contributed by atoms with van der Waals surface area (Å²) in [5.41, 5.74) is 4.05. The number of nitrogens with zero attached hydrogens (tertiary/aromatic N) is 1. The van der Waals surface area contributed by atoms with E-state index >= 15 is 0 Å². The van der Waals surface area contributed by atoms with E-state index in [4.69, 9.17) is 33.0 Å². The quantitative estimate of drug-likeness (QED) is 0.181. The molecule has 1 amide bonds. The van der Waals surface area contributed by atoms with Crippen molar-refractivity contribution in [1.82, 2.24) is 10.3 Å². The fraction of sp³-hybridized carbons (Fsp3) is 0.233. The number of pyridine rings is 1. The van der Waals surface area contributed by atoms with E-state index in [0.29, 0.717) is 46.6 Å². The van der Waals surface area contributed by atoms with Gasteiger partial charge >= 0.3 is 5.97 Å². The minimum atomic E-state index is -0.831. The summed E-state index contributed by atoms with van der Waals surface area (Å²) in [5.74, 6) is 0.143. The predicted octanol–water partition coefficient (Wildman–Crippen LogP) is 7.36. The zero-order chi connectivity index (χ0) is 27.8. The summed E-state index contributed by atoms with van der Waals surface area (Å²) in [4.78, 5) is 28.2. The highest BCUT2D eigenvalue weighted by atomic mass is 35.5. The molecule has 2 N–H and O–H groups in total. The molecule has 0 bridgehead atoms. The molecule has 0 aliphatic rings. The van der Waals surface area contributed by atoms with E-state index in [1.54, 1.807) is 30.9 Å². The number of nitrogens with one attached hydrogen (secondary N) is 1. The Morgan fingerprint density at radius 2 is 1.79 bits per heavy atom. The van der Waals surface area contributed by atoms with Crippen LogP contribution >= 0.6 is 35.0 Å². The van der Waals surface area contributed by atoms with Crippen LogP contribution in [-0.4, -0.2) is 34.8 Å². The highest BCUT2D eigenvalue weighted by Crippen LogP contribution is 2.36. The maximum absolute atomic E-state index is 12.4. The number of thioether (sulfide) groups is 1. The van der Waals surface area contributed by atoms with Crippen LogP contribution in [0.1, 0.15) is 45.3 Å². The van der Waals surface area contributed by atoms with Crippen LogP contribution in [-0.2, 0) is 17.8 Å². The highest BCUT2D eigenvalue weighted by Gasteiger charge is 2.17. The first-order valence-electron chi connectivity index (χ1n) is 12.4. The van der Waals surface area contributed by atoms with Gasteiger partial charge in [0.25, 0.3) is 5.91 Å². The zero-order valence-corrected chi connectivity index (χ0v) is 23.7. The number of carbonyl (C=O) groups is 2. The van der Waals surface area contributed by atoms with Crippen LogP contribution < -0.4 is 10.1 Å². The molecule has 0 fully saturated rings. The number of fused-ring (bicyclic) bond motifs is 1. The Morgan fingerprint density at radius 3 is 2.59 bits per heavy atom. The van der Waals surface area contributed by atoms with Crippen molar-refractivity contribution < 1.29 is 19.4 Å². The summed E-state index contributed by atoms with van der Waals surface area (Å²) in [6.45, 7) is 0.295. The molecule has 0 saturated carbocycles. The van der Waals surface area contributed by atoms with Crippen LogP contribution in [0.15, 0.2) is 72.8 Å². The van der Waals surface area contributed by atoms with Gasteiger partial charge < -0.3 is 15.2 Å². The van der Waals surface area contributed by atoms with Gasteiger partial charge in [-0.3, -0.25) is 9.59 Å². The first kappa shape index (κ1) is 28.7. The zero-order valence-electron chi connectivity index (χ0n) is 21.3. The first-order chi connectivity index (χ1) is 18.8. The minimum absolute atomic E-state index is 0.00190. The summed E-state index contributed by atoms with van der Waals surface area (Å²) >= 11 is 13.8. The third-order valence-electron chi connectivity index (χ3n) is 6.18. The van der Waals surface area contributed by atoms with Gasteiger partial charge in [0.1, 0.15) is 12.4 Å². The van der Waals surface area contributed by atoms with Gasteiger partial charge in [-0.15, -0.1) is 0 Å². The highest BCUT2D eigenvalue weighted by molar-refractivity contribution is 7.99. The molecule has 6 nitrogen and oxygen atoms in total. The number of carboxylic acid groups (broad SMARTS) is 1. The summed E-state index contributed by atoms with van der Waals surface area (Å²) < 4.78 is 6.08. The maximum atomic E-state index is 12.4. The van der Waals surface area contributed by atoms with Gasteiger partial charge in [-0.25, -0.2) is 4.98 Å². The third-order valence-corrected chi connectivity index (χ3v) is 8.00. The lowest BCUT2D eigenvalue weighted by molar-refractivity contribution is -0.136. The van der Waals surface area contributed by atoms with Gasteiger partial charge in [-0.05, 0) is 66.4 Å². The Kier molecular flexibility index (Phi) is 10.1. The standard InChI is InChI=1S/C30H28Cl2N2O4S/c1-33-30(37)26-16-22(31)9-5-19(26)8-12-28(39-14-13-29(35)36)21-3-2-4-25(15-21)38-18-24-11-7-20-6-10-23(32)17-27(20)34-24/h2-7,9-11,15-17,28H,8,12-14,18H2,1H3,(H,33,37)(H,35,36). The van der Waals surface area contributed by atoms with Crippen molar-refractivity contribution in [2.75, 3.05) is 12.8 Å². The molecule has 4 aromatic rings. The van der Waals surface area contributed by atoms with Crippen LogP contribution in [0.25, 0.3) is 10.9 Å². The first-order valence-corrected chi connectivity index (χ1v) is 14.2. The number of amides is 1. The second kappa shape index (κ2) is 13.7. The van der Waals surface area contributed by atoms with Gasteiger partial charge in [0, 0.05) is 39.0 Å². The monoisotopic (exact) mass is 582 g/mol. The largest absolute Gasteiger partial charge is 0.487 e. The van der Waals surface area contributed by atoms with Crippen LogP contribution in [0.4, 0.5) is 0 Å². The number of aliphatic carboxylic acids is 1. The topological polar surface area (TPSA) is 88.5 Å². The SMILES string of the molecule is CNC(=O)c1cc(Cl)ccc1CCC(SCCC(=O)O)c1cccc(OCc2ccc3ccc(Cl)cc3n2)c1. The molecule has 0 saturated heterocycles. The molecule has 1 unspecified atom stereocenters. The molecule has 0 spiro atoms. The Balaban J connectivity index is 1.50. The molecule has 0 radical (unpaired) electrons. The Morgan fingerprint density at radius 1 is 1.03 bits per heavy atom. The van der Waals surface area contributed by atoms with E-state index in [1.165, 1.54) is 0 Å². The van der Waals surface area contributed by atoms with Crippen molar-refractivity contribution in [2.45, 2.75) is 31.1 Å². The Bertz CT molecular complexity index is 1480. The van der Waals surface area contributed by atoms with E-state index in [9.17, 15) is 9.59 Å². The average Bonchev–Trinajstić information content (AvgIpc) is 2.93. The van der Waals surface area contributed by atoms with Gasteiger partial charge in [-0.2, -0.15) is 11.8 Å². The molecule has 1 aromatic heterocycles. The Labute approximate surface area is 241 Å². The molecular weight excluding hydrogens is 555 g/mol. The molecule has 3 aromatic carbocycles. The van der Waals surface area contributed by atoms with Crippen molar-refractivity contribution in [3.63, 3.8) is 0 Å². The molecule has 1 heterocycles. The fourth-order valence-corrected chi connectivity index (χ4v) is 5.75. The number of ether oxygens (including phenoxy) is 1. The fourth-order valence-electron chi connectivity index (χ4n) is 4.21. The summed E-state index contributed by atoms with van der Waals surface area (Å²) in [6.07, 6.45) is 1.39. The lowest BCUT2D eigenvalue weighted by Crippen LogP contribution is -2.19. The number of hydrogen-bond acceptors (Lipinski definition) is 5. The van der Waals surface area contributed by atoms with E-state index in [1.807, 2.05) is 60.7 Å². The number of aryl methyl sites for hydroxylation is 1. The van der Waals surface area contributed by atoms with Gasteiger partial charge in [-0.1, -0.05) is 53.5 Å². The molecule has 0 aliphatic heterocycles. The number of aromatic nitrogens is 1. The van der Waals surface area contributed by atoms with Gasteiger partial charge in [0.05, 0.1) is 17.6 Å². The lowest BCUT2D eigenvalue weighted by atomic mass is 9.99. The van der Waals surface area contributed by atoms with Crippen LogP contribution in [0.5, 0.6) is 5.75 Å². The number of benzene rings is 3. The normalized spacial score (nSPS) is 11.8. The maximum Gasteiger partial charge on any atom is 0.304 e. The number of rotatable bonds is 12. The molecule has 0 aliphatic carbocycles. The second-order valence-corrected chi connectivity index (χ2v) is 11.1. The summed E-state index contributed by atoms with van der Waals surface area (Å²) in [7, 11) is 1.59. The van der Waals surface area contributed by atoms with Crippen molar-refractivity contribution in [2.24, 2.45) is 0 Å². The lowest BCUT2D eigenvalue weighted by Gasteiger charge is -2.19. The van der Waals surface area contributed by atoms with Crippen LogP contribution in [0.3, 0.4) is 0 Å². The van der Waals surface area contributed by atoms with Gasteiger partial charge in [0.2, 0.25) is 0 Å². The number of halogens is 2. The minimum Gasteiger partial charge on any atom is -0.487 e. The predicted molar refractivity (Wildman–Crippen MR) is 158 cm³/mol. The van der Waals surface area contributed by atoms with Crippen molar-refractivity contribution in [3.8, 4) is 5.75 Å². The molecule has 202 valence electrons. The second-order valence-electron chi connectivity index (χ2n) is 8.92. The van der Waals surface area contributed by atoms with E-state index in [2.05, 4.69) is 10.3 Å². The number of carboxylic acids is 1. The van der Waals surface area contributed by atoms with Crippen molar-refractivity contribution >= 4 is 57.7 Å². The van der Waals surface area contributed by atoms with Crippen LogP contribution in [0, 0.1) is 0 Å². The smallest absolute Gasteiger partial charge is 0.304 e. The summed E-state index contributed by atoms with van der Waals surface area (Å²) in [6, 6.07) is 22.7. The Hall–Kier alpha value is -3.26. The van der Waals surface area contributed by atoms with Crippen molar-refractivity contribution in [1.29, 1.82) is 0 Å². The molecule has 39 heavy (non-hydrogen) atoms. The molecular formula is C30H28Cl2N2O4S. The average molecular weight is 584 g/mol. The van der Waals surface area contributed by atoms with E-state index < -0.39 is 5.97 Å². The van der Waals surface area contributed by atoms with Gasteiger partial charge in [0.15, 0.2) is 0 Å². The van der Waals surface area contributed by atoms with E-state index in [-0.39, 0.29) is 17.6 Å². The summed E-state index contributed by atoms with van der Waals surface area (Å²) in [5, 5.41) is 14.0. The number of carbonyl (C=O) groups excluding carboxylic acids is 1. The molecule has 4 rings (SSSR count). The van der Waals surface area contributed by atoms with E-state index in [0.717, 1.165) is 27.7 Å².